The van der Waals surface area contributed by atoms with Crippen LogP contribution in [0.3, 0.4) is 0 Å². The summed E-state index contributed by atoms with van der Waals surface area (Å²) in [7, 11) is -3.43. The number of aromatic nitrogens is 3. The van der Waals surface area contributed by atoms with Gasteiger partial charge >= 0.3 is 0 Å². The lowest BCUT2D eigenvalue weighted by atomic mass is 10.3. The molecule has 3 aromatic rings. The molecule has 0 atom stereocenters. The van der Waals surface area contributed by atoms with E-state index in [0.29, 0.717) is 11.7 Å². The van der Waals surface area contributed by atoms with Crippen LogP contribution in [0, 0.1) is 0 Å². The van der Waals surface area contributed by atoms with Crippen LogP contribution in [0.4, 0.5) is 5.69 Å². The Morgan fingerprint density at radius 2 is 2.00 bits per heavy atom. The zero-order chi connectivity index (χ0) is 19.4. The molecule has 0 saturated carbocycles. The number of carbonyl (C=O) groups is 1. The van der Waals surface area contributed by atoms with Crippen LogP contribution < -0.4 is 5.32 Å². The van der Waals surface area contributed by atoms with Crippen LogP contribution in [-0.4, -0.2) is 41.1 Å². The summed E-state index contributed by atoms with van der Waals surface area (Å²) in [4.78, 5) is 13.4. The van der Waals surface area contributed by atoms with Gasteiger partial charge in [-0.1, -0.05) is 30.0 Å². The lowest BCUT2D eigenvalue weighted by Crippen LogP contribution is -2.16. The molecular weight excluding hydrogens is 404 g/mol. The number of sulfone groups is 1. The Kier molecular flexibility index (Phi) is 5.98. The lowest BCUT2D eigenvalue weighted by molar-refractivity contribution is -0.113. The number of hydrogen-bond donors (Lipinski definition) is 1. The number of amides is 1. The van der Waals surface area contributed by atoms with E-state index in [1.165, 1.54) is 17.8 Å². The second-order valence-corrected chi connectivity index (χ2v) is 9.51. The van der Waals surface area contributed by atoms with E-state index in [9.17, 15) is 13.2 Å². The highest BCUT2D eigenvalue weighted by Gasteiger charge is 2.17. The molecule has 1 aromatic carbocycles. The Morgan fingerprint density at radius 1 is 1.22 bits per heavy atom. The minimum absolute atomic E-state index is 0.0973. The van der Waals surface area contributed by atoms with Crippen molar-refractivity contribution in [3.63, 3.8) is 0 Å². The third kappa shape index (κ3) is 4.57. The van der Waals surface area contributed by atoms with E-state index in [4.69, 9.17) is 0 Å². The number of nitrogens with one attached hydrogen (secondary N) is 1. The molecule has 0 bridgehead atoms. The fourth-order valence-corrected chi connectivity index (χ4v) is 4.84. The van der Waals surface area contributed by atoms with Crippen molar-refractivity contribution in [3.05, 3.63) is 41.8 Å². The quantitative estimate of drug-likeness (QED) is 0.588. The summed E-state index contributed by atoms with van der Waals surface area (Å²) in [5, 5.41) is 13.7. The van der Waals surface area contributed by atoms with Crippen LogP contribution in [-0.2, 0) is 21.2 Å². The van der Waals surface area contributed by atoms with E-state index in [2.05, 4.69) is 15.5 Å². The highest BCUT2D eigenvalue weighted by atomic mass is 32.2. The first kappa shape index (κ1) is 19.6. The second-order valence-electron chi connectivity index (χ2n) is 5.63. The Hall–Kier alpha value is -2.17. The molecule has 2 aromatic heterocycles. The number of thiophene rings is 1. The van der Waals surface area contributed by atoms with Gasteiger partial charge in [0.2, 0.25) is 5.91 Å². The molecule has 0 aliphatic rings. The van der Waals surface area contributed by atoms with Gasteiger partial charge < -0.3 is 9.88 Å². The Bertz CT molecular complexity index is 1040. The van der Waals surface area contributed by atoms with Gasteiger partial charge in [0.1, 0.15) is 0 Å². The van der Waals surface area contributed by atoms with Gasteiger partial charge in [0.05, 0.1) is 21.2 Å². The molecule has 0 saturated heterocycles. The zero-order valence-electron chi connectivity index (χ0n) is 14.7. The second kappa shape index (κ2) is 8.24. The van der Waals surface area contributed by atoms with Gasteiger partial charge in [-0.05, 0) is 30.5 Å². The number of para-hydroxylation sites is 1. The Labute approximate surface area is 165 Å². The summed E-state index contributed by atoms with van der Waals surface area (Å²) in [5.41, 5.74) is 0.279. The molecule has 10 heteroatoms. The van der Waals surface area contributed by atoms with Crippen molar-refractivity contribution in [2.45, 2.75) is 23.5 Å². The minimum atomic E-state index is -3.43. The van der Waals surface area contributed by atoms with Crippen LogP contribution in [0.1, 0.15) is 6.92 Å². The van der Waals surface area contributed by atoms with E-state index < -0.39 is 9.84 Å². The summed E-state index contributed by atoms with van der Waals surface area (Å²) in [6.45, 7) is 2.67. The first-order valence-corrected chi connectivity index (χ1v) is 11.8. The number of nitrogens with zero attached hydrogens (tertiary/aromatic N) is 3. The Morgan fingerprint density at radius 3 is 2.67 bits per heavy atom. The number of thioether (sulfide) groups is 1. The first-order valence-electron chi connectivity index (χ1n) is 8.09. The number of hydrogen-bond acceptors (Lipinski definition) is 7. The van der Waals surface area contributed by atoms with Crippen molar-refractivity contribution < 1.29 is 13.2 Å². The van der Waals surface area contributed by atoms with E-state index in [1.54, 1.807) is 29.5 Å². The number of carbonyl (C=O) groups excluding carboxylic acids is 1. The highest BCUT2D eigenvalue weighted by molar-refractivity contribution is 7.99. The van der Waals surface area contributed by atoms with E-state index in [1.807, 2.05) is 29.0 Å². The van der Waals surface area contributed by atoms with E-state index >= 15 is 0 Å². The maximum atomic E-state index is 12.3. The Balaban J connectivity index is 1.71. The lowest BCUT2D eigenvalue weighted by Gasteiger charge is -2.10. The van der Waals surface area contributed by atoms with E-state index in [-0.39, 0.29) is 22.2 Å². The summed E-state index contributed by atoms with van der Waals surface area (Å²) in [6.07, 6.45) is 1.11. The molecule has 1 amide bonds. The summed E-state index contributed by atoms with van der Waals surface area (Å²) in [6, 6.07) is 10.3. The fraction of sp³-hybridized carbons (Fsp3) is 0.235. The maximum absolute atomic E-state index is 12.3. The van der Waals surface area contributed by atoms with Crippen LogP contribution in [0.15, 0.2) is 51.8 Å². The normalized spacial score (nSPS) is 11.5. The van der Waals surface area contributed by atoms with E-state index in [0.717, 1.165) is 17.0 Å². The van der Waals surface area contributed by atoms with Gasteiger partial charge in [0.25, 0.3) is 0 Å². The fourth-order valence-electron chi connectivity index (χ4n) is 2.48. The first-order chi connectivity index (χ1) is 12.9. The van der Waals surface area contributed by atoms with Gasteiger partial charge in [-0.2, -0.15) is 0 Å². The average Bonchev–Trinajstić information content (AvgIpc) is 3.28. The smallest absolute Gasteiger partial charge is 0.234 e. The standard InChI is InChI=1S/C17H18N4O3S3/c1-3-21-16(13-8-6-10-25-13)19-20-17(21)26-11-15(22)18-12-7-4-5-9-14(12)27(2,23)24/h4-10H,3,11H2,1-2H3,(H,18,22). The number of rotatable bonds is 7. The molecule has 142 valence electrons. The minimum Gasteiger partial charge on any atom is -0.324 e. The molecule has 0 radical (unpaired) electrons. The van der Waals surface area contributed by atoms with Gasteiger partial charge in [0, 0.05) is 12.8 Å². The number of anilines is 1. The van der Waals surface area contributed by atoms with Crippen molar-refractivity contribution in [1.29, 1.82) is 0 Å². The van der Waals surface area contributed by atoms with Crippen LogP contribution >= 0.6 is 23.1 Å². The topological polar surface area (TPSA) is 94.0 Å². The number of benzene rings is 1. The van der Waals surface area contributed by atoms with Crippen molar-refractivity contribution in [3.8, 4) is 10.7 Å². The van der Waals surface area contributed by atoms with Gasteiger partial charge in [-0.3, -0.25) is 4.79 Å². The van der Waals surface area contributed by atoms with Crippen molar-refractivity contribution >= 4 is 44.5 Å². The maximum Gasteiger partial charge on any atom is 0.234 e. The van der Waals surface area contributed by atoms with Crippen LogP contribution in [0.2, 0.25) is 0 Å². The monoisotopic (exact) mass is 422 g/mol. The molecule has 0 aliphatic heterocycles. The largest absolute Gasteiger partial charge is 0.324 e. The SMILES string of the molecule is CCn1c(SCC(=O)Nc2ccccc2S(C)(=O)=O)nnc1-c1cccs1. The molecule has 7 nitrogen and oxygen atoms in total. The predicted octanol–water partition coefficient (Wildman–Crippen LogP) is 3.16. The van der Waals surface area contributed by atoms with Crippen molar-refractivity contribution in [2.24, 2.45) is 0 Å². The zero-order valence-corrected chi connectivity index (χ0v) is 17.2. The molecule has 2 heterocycles. The third-order valence-electron chi connectivity index (χ3n) is 3.67. The predicted molar refractivity (Wildman–Crippen MR) is 108 cm³/mol. The molecule has 0 fully saturated rings. The van der Waals surface area contributed by atoms with Gasteiger partial charge in [-0.15, -0.1) is 21.5 Å². The summed E-state index contributed by atoms with van der Waals surface area (Å²) in [5.74, 6) is 0.568. The molecule has 0 aliphatic carbocycles. The molecule has 3 rings (SSSR count). The van der Waals surface area contributed by atoms with Gasteiger partial charge in [-0.25, -0.2) is 8.42 Å². The molecule has 1 N–H and O–H groups in total. The third-order valence-corrected chi connectivity index (χ3v) is 6.66. The van der Waals surface area contributed by atoms with Crippen LogP contribution in [0.25, 0.3) is 10.7 Å². The molecule has 27 heavy (non-hydrogen) atoms. The average molecular weight is 423 g/mol. The molecule has 0 spiro atoms. The molecule has 0 unspecified atom stereocenters. The van der Waals surface area contributed by atoms with Crippen molar-refractivity contribution in [1.82, 2.24) is 14.8 Å². The summed E-state index contributed by atoms with van der Waals surface area (Å²) < 4.78 is 25.6. The van der Waals surface area contributed by atoms with Crippen molar-refractivity contribution in [2.75, 3.05) is 17.3 Å². The summed E-state index contributed by atoms with van der Waals surface area (Å²) >= 11 is 2.84. The van der Waals surface area contributed by atoms with Gasteiger partial charge in [0.15, 0.2) is 20.8 Å². The van der Waals surface area contributed by atoms with Crippen LogP contribution in [0.5, 0.6) is 0 Å². The molecular formula is C17H18N4O3S3. The highest BCUT2D eigenvalue weighted by Crippen LogP contribution is 2.27.